The van der Waals surface area contributed by atoms with E-state index in [1.807, 2.05) is 13.0 Å². The molecular formula is C37H60O3. The second kappa shape index (κ2) is 15.4. The molecule has 226 valence electrons. The van der Waals surface area contributed by atoms with Gasteiger partial charge in [-0.05, 0) is 93.9 Å². The van der Waals surface area contributed by atoms with E-state index in [1.165, 1.54) is 56.9 Å². The van der Waals surface area contributed by atoms with Crippen molar-refractivity contribution >= 4 is 0 Å². The molecule has 0 bridgehead atoms. The zero-order valence-electron chi connectivity index (χ0n) is 27.2. The van der Waals surface area contributed by atoms with E-state index in [2.05, 4.69) is 54.5 Å². The normalized spacial score (nSPS) is 19.3. The van der Waals surface area contributed by atoms with Gasteiger partial charge in [0.15, 0.2) is 0 Å². The number of ether oxygens (including phenoxy) is 1. The number of furan rings is 1. The molecule has 0 spiro atoms. The Bertz CT molecular complexity index is 1020. The molecule has 0 radical (unpaired) electrons. The van der Waals surface area contributed by atoms with Crippen LogP contribution in [0, 0.1) is 31.6 Å². The molecule has 1 aromatic heterocycles. The van der Waals surface area contributed by atoms with Gasteiger partial charge >= 0.3 is 0 Å². The van der Waals surface area contributed by atoms with E-state index in [1.54, 1.807) is 6.26 Å². The Morgan fingerprint density at radius 2 is 1.52 bits per heavy atom. The number of aromatic hydroxyl groups is 1. The van der Waals surface area contributed by atoms with Crippen LogP contribution in [-0.4, -0.2) is 10.7 Å². The number of phenolic OH excluding ortho intramolecular Hbond substituents is 1. The summed E-state index contributed by atoms with van der Waals surface area (Å²) >= 11 is 0. The van der Waals surface area contributed by atoms with Gasteiger partial charge < -0.3 is 14.3 Å². The topological polar surface area (TPSA) is 42.6 Å². The van der Waals surface area contributed by atoms with Crippen molar-refractivity contribution in [1.82, 2.24) is 0 Å². The molecule has 0 saturated carbocycles. The minimum atomic E-state index is -0.146. The second-order valence-electron chi connectivity index (χ2n) is 13.9. The average molecular weight is 553 g/mol. The smallest absolute Gasteiger partial charge is 0.127 e. The van der Waals surface area contributed by atoms with Gasteiger partial charge in [0.2, 0.25) is 0 Å². The zero-order chi connectivity index (χ0) is 29.3. The van der Waals surface area contributed by atoms with E-state index in [4.69, 9.17) is 9.15 Å². The summed E-state index contributed by atoms with van der Waals surface area (Å²) in [5.74, 6) is 4.95. The number of unbranched alkanes of at least 4 members (excludes halogenated alkanes) is 1. The third kappa shape index (κ3) is 8.80. The third-order valence-electron chi connectivity index (χ3n) is 9.72. The van der Waals surface area contributed by atoms with Crippen LogP contribution >= 0.6 is 0 Å². The number of phenols is 1. The van der Waals surface area contributed by atoms with Crippen LogP contribution in [0.3, 0.4) is 0 Å². The molecule has 0 aliphatic carbocycles. The molecule has 3 nitrogen and oxygen atoms in total. The first kappa shape index (κ1) is 32.6. The van der Waals surface area contributed by atoms with Gasteiger partial charge in [0, 0.05) is 17.0 Å². The first-order valence-corrected chi connectivity index (χ1v) is 16.6. The number of rotatable bonds is 17. The maximum absolute atomic E-state index is 11.4. The van der Waals surface area contributed by atoms with Gasteiger partial charge in [0.1, 0.15) is 22.9 Å². The quantitative estimate of drug-likeness (QED) is 0.212. The molecular weight excluding hydrogens is 492 g/mol. The predicted molar refractivity (Wildman–Crippen MR) is 170 cm³/mol. The number of hydrogen-bond donors (Lipinski definition) is 1. The average Bonchev–Trinajstić information content (AvgIpc) is 3.44. The molecule has 3 heteroatoms. The summed E-state index contributed by atoms with van der Waals surface area (Å²) in [4.78, 5) is 0. The summed E-state index contributed by atoms with van der Waals surface area (Å²) in [5.41, 5.74) is 4.12. The summed E-state index contributed by atoms with van der Waals surface area (Å²) in [7, 11) is 0. The highest BCUT2D eigenvalue weighted by Gasteiger charge is 2.37. The van der Waals surface area contributed by atoms with Gasteiger partial charge in [-0.15, -0.1) is 0 Å². The van der Waals surface area contributed by atoms with E-state index >= 15 is 0 Å². The van der Waals surface area contributed by atoms with Crippen LogP contribution in [0.5, 0.6) is 11.5 Å². The maximum atomic E-state index is 11.4. The summed E-state index contributed by atoms with van der Waals surface area (Å²) in [6.07, 6.45) is 18.7. The van der Waals surface area contributed by atoms with Crippen LogP contribution in [0.25, 0.3) is 0 Å². The van der Waals surface area contributed by atoms with Crippen LogP contribution < -0.4 is 4.74 Å². The highest BCUT2D eigenvalue weighted by Crippen LogP contribution is 2.49. The molecule has 2 heterocycles. The van der Waals surface area contributed by atoms with Crippen molar-refractivity contribution in [2.24, 2.45) is 17.8 Å². The van der Waals surface area contributed by atoms with Gasteiger partial charge in [-0.1, -0.05) is 92.4 Å². The monoisotopic (exact) mass is 552 g/mol. The summed E-state index contributed by atoms with van der Waals surface area (Å²) in [5, 5.41) is 11.4. The van der Waals surface area contributed by atoms with Gasteiger partial charge in [0.25, 0.3) is 0 Å². The lowest BCUT2D eigenvalue weighted by Gasteiger charge is -2.39. The molecule has 0 saturated heterocycles. The van der Waals surface area contributed by atoms with E-state index in [0.717, 1.165) is 84.5 Å². The van der Waals surface area contributed by atoms with Crippen LogP contribution in [0.1, 0.15) is 159 Å². The number of benzene rings is 1. The van der Waals surface area contributed by atoms with Crippen molar-refractivity contribution in [2.45, 2.75) is 157 Å². The lowest BCUT2D eigenvalue weighted by atomic mass is 9.79. The Labute approximate surface area is 246 Å². The molecule has 0 amide bonds. The Balaban J connectivity index is 1.60. The Morgan fingerprint density at radius 1 is 0.875 bits per heavy atom. The molecule has 1 aliphatic rings. The Hall–Kier alpha value is -1.90. The molecule has 1 aliphatic heterocycles. The Morgan fingerprint density at radius 3 is 2.12 bits per heavy atom. The van der Waals surface area contributed by atoms with E-state index in [-0.39, 0.29) is 11.5 Å². The lowest BCUT2D eigenvalue weighted by Crippen LogP contribution is -2.37. The van der Waals surface area contributed by atoms with Gasteiger partial charge in [-0.2, -0.15) is 0 Å². The third-order valence-corrected chi connectivity index (χ3v) is 9.72. The number of hydrogen-bond acceptors (Lipinski definition) is 3. The lowest BCUT2D eigenvalue weighted by molar-refractivity contribution is 0.0509. The minimum absolute atomic E-state index is 0.0646. The largest absolute Gasteiger partial charge is 0.507 e. The Kier molecular flexibility index (Phi) is 12.5. The fourth-order valence-electron chi connectivity index (χ4n) is 6.80. The second-order valence-corrected chi connectivity index (χ2v) is 13.9. The molecule has 0 fully saturated rings. The fraction of sp³-hybridized carbons (Fsp3) is 0.730. The highest BCUT2D eigenvalue weighted by atomic mass is 16.5. The SMILES string of the molecule is CCCCC(c1ccco1)c1c(O)c(C)c(C)c2c1CC[C@@](C)(CCC[C@H](C)CCC[C@H](C)CCCC(C)C)O2. The van der Waals surface area contributed by atoms with Crippen molar-refractivity contribution in [2.75, 3.05) is 0 Å². The van der Waals surface area contributed by atoms with Crippen molar-refractivity contribution < 1.29 is 14.3 Å². The van der Waals surface area contributed by atoms with Crippen molar-refractivity contribution in [3.05, 3.63) is 46.4 Å². The maximum Gasteiger partial charge on any atom is 0.127 e. The molecule has 1 unspecified atom stereocenters. The van der Waals surface area contributed by atoms with E-state index in [9.17, 15) is 5.11 Å². The standard InChI is InChI=1S/C37H60O3/c1-9-10-20-31(33-21-14-25-39-33)34-32-22-24-37(8,40-36(32)30(7)29(6)35(34)38)23-13-19-28(5)18-12-17-27(4)16-11-15-26(2)3/h14,21,25-28,31,38H,9-13,15-20,22-24H2,1-8H3/t27-,28-,31?,37-/m1/s1. The number of fused-ring (bicyclic) bond motifs is 1. The zero-order valence-corrected chi connectivity index (χ0v) is 27.2. The van der Waals surface area contributed by atoms with Crippen LogP contribution in [0.15, 0.2) is 22.8 Å². The predicted octanol–water partition coefficient (Wildman–Crippen LogP) is 11.4. The van der Waals surface area contributed by atoms with E-state index in [0.29, 0.717) is 5.75 Å². The van der Waals surface area contributed by atoms with Crippen molar-refractivity contribution in [3.63, 3.8) is 0 Å². The molecule has 2 aromatic rings. The first-order chi connectivity index (χ1) is 19.1. The summed E-state index contributed by atoms with van der Waals surface area (Å²) in [6, 6.07) is 4.02. The fourth-order valence-corrected chi connectivity index (χ4v) is 6.80. The molecule has 1 N–H and O–H groups in total. The van der Waals surface area contributed by atoms with Gasteiger partial charge in [0.05, 0.1) is 6.26 Å². The first-order valence-electron chi connectivity index (χ1n) is 16.6. The van der Waals surface area contributed by atoms with Crippen molar-refractivity contribution in [1.29, 1.82) is 0 Å². The van der Waals surface area contributed by atoms with Crippen LogP contribution in [0.2, 0.25) is 0 Å². The summed E-state index contributed by atoms with van der Waals surface area (Å²) in [6.45, 7) is 18.2. The van der Waals surface area contributed by atoms with E-state index < -0.39 is 0 Å². The minimum Gasteiger partial charge on any atom is -0.507 e. The highest BCUT2D eigenvalue weighted by molar-refractivity contribution is 5.61. The van der Waals surface area contributed by atoms with Crippen LogP contribution in [-0.2, 0) is 6.42 Å². The summed E-state index contributed by atoms with van der Waals surface area (Å²) < 4.78 is 12.8. The van der Waals surface area contributed by atoms with Gasteiger partial charge in [-0.3, -0.25) is 0 Å². The molecule has 3 rings (SSSR count). The molecule has 4 atom stereocenters. The molecule has 1 aromatic carbocycles. The van der Waals surface area contributed by atoms with Gasteiger partial charge in [-0.25, -0.2) is 0 Å². The van der Waals surface area contributed by atoms with Crippen LogP contribution in [0.4, 0.5) is 0 Å². The van der Waals surface area contributed by atoms with Crippen molar-refractivity contribution in [3.8, 4) is 11.5 Å². The molecule has 40 heavy (non-hydrogen) atoms.